The number of hydrogen-bond acceptors (Lipinski definition) is 3. The molecule has 0 fully saturated rings. The van der Waals surface area contributed by atoms with Crippen molar-refractivity contribution >= 4 is 5.69 Å². The van der Waals surface area contributed by atoms with Crippen molar-refractivity contribution in [2.75, 3.05) is 26.1 Å². The predicted octanol–water partition coefficient (Wildman–Crippen LogP) is 1.68. The zero-order chi connectivity index (χ0) is 9.52. The minimum absolute atomic E-state index is 0.678. The third kappa shape index (κ3) is 3.80. The minimum atomic E-state index is 0.678. The molecular formula is C10H15NO2. The van der Waals surface area contributed by atoms with Gasteiger partial charge in [-0.25, -0.2) is 0 Å². The van der Waals surface area contributed by atoms with Gasteiger partial charge in [0.2, 0.25) is 0 Å². The van der Waals surface area contributed by atoms with Gasteiger partial charge >= 0.3 is 0 Å². The standard InChI is InChI=1S/C10H15NO2/c1-12-7-2-8-13-10-5-3-9(11)4-6-10/h3-6H,2,7-8,11H2,1H3. The number of nitrogen functional groups attached to an aromatic ring is 1. The van der Waals surface area contributed by atoms with Crippen LogP contribution in [0.1, 0.15) is 6.42 Å². The zero-order valence-electron chi connectivity index (χ0n) is 7.82. The summed E-state index contributed by atoms with van der Waals surface area (Å²) in [5.74, 6) is 0.852. The molecule has 72 valence electrons. The van der Waals surface area contributed by atoms with E-state index in [4.69, 9.17) is 15.2 Å². The fourth-order valence-electron chi connectivity index (χ4n) is 0.957. The normalized spacial score (nSPS) is 9.92. The zero-order valence-corrected chi connectivity index (χ0v) is 7.82. The second-order valence-corrected chi connectivity index (χ2v) is 2.76. The molecule has 0 saturated carbocycles. The van der Waals surface area contributed by atoms with Crippen LogP contribution in [0.15, 0.2) is 24.3 Å². The molecular weight excluding hydrogens is 166 g/mol. The van der Waals surface area contributed by atoms with Crippen LogP contribution in [0.5, 0.6) is 5.75 Å². The molecule has 0 atom stereocenters. The summed E-state index contributed by atoms with van der Waals surface area (Å²) in [4.78, 5) is 0. The van der Waals surface area contributed by atoms with E-state index in [1.807, 2.05) is 24.3 Å². The Hall–Kier alpha value is -1.22. The van der Waals surface area contributed by atoms with Gasteiger partial charge in [-0.3, -0.25) is 0 Å². The molecule has 3 nitrogen and oxygen atoms in total. The smallest absolute Gasteiger partial charge is 0.119 e. The van der Waals surface area contributed by atoms with Crippen molar-refractivity contribution in [2.45, 2.75) is 6.42 Å². The highest BCUT2D eigenvalue weighted by Crippen LogP contribution is 2.12. The second kappa shape index (κ2) is 5.43. The lowest BCUT2D eigenvalue weighted by atomic mass is 10.3. The van der Waals surface area contributed by atoms with Crippen molar-refractivity contribution in [3.05, 3.63) is 24.3 Å². The van der Waals surface area contributed by atoms with Crippen LogP contribution in [0.25, 0.3) is 0 Å². The van der Waals surface area contributed by atoms with Crippen molar-refractivity contribution in [1.29, 1.82) is 0 Å². The monoisotopic (exact) mass is 181 g/mol. The van der Waals surface area contributed by atoms with Crippen LogP contribution in [-0.4, -0.2) is 20.3 Å². The number of hydrogen-bond donors (Lipinski definition) is 1. The van der Waals surface area contributed by atoms with Crippen molar-refractivity contribution in [3.63, 3.8) is 0 Å². The fourth-order valence-corrected chi connectivity index (χ4v) is 0.957. The van der Waals surface area contributed by atoms with E-state index in [9.17, 15) is 0 Å². The van der Waals surface area contributed by atoms with E-state index in [1.165, 1.54) is 0 Å². The first-order chi connectivity index (χ1) is 6.33. The summed E-state index contributed by atoms with van der Waals surface area (Å²) in [5.41, 5.74) is 6.28. The highest BCUT2D eigenvalue weighted by atomic mass is 16.5. The van der Waals surface area contributed by atoms with Crippen LogP contribution < -0.4 is 10.5 Å². The van der Waals surface area contributed by atoms with Crippen LogP contribution in [0, 0.1) is 0 Å². The minimum Gasteiger partial charge on any atom is -0.494 e. The van der Waals surface area contributed by atoms with E-state index in [0.29, 0.717) is 6.61 Å². The van der Waals surface area contributed by atoms with E-state index in [-0.39, 0.29) is 0 Å². The topological polar surface area (TPSA) is 44.5 Å². The Morgan fingerprint density at radius 1 is 1.15 bits per heavy atom. The molecule has 0 saturated heterocycles. The summed E-state index contributed by atoms with van der Waals surface area (Å²) in [6, 6.07) is 7.38. The van der Waals surface area contributed by atoms with E-state index in [2.05, 4.69) is 0 Å². The maximum atomic E-state index is 5.53. The van der Waals surface area contributed by atoms with E-state index in [1.54, 1.807) is 7.11 Å². The van der Waals surface area contributed by atoms with Crippen molar-refractivity contribution in [1.82, 2.24) is 0 Å². The Kier molecular flexibility index (Phi) is 4.12. The number of rotatable bonds is 5. The van der Waals surface area contributed by atoms with Gasteiger partial charge < -0.3 is 15.2 Å². The Balaban J connectivity index is 2.25. The van der Waals surface area contributed by atoms with Gasteiger partial charge in [-0.2, -0.15) is 0 Å². The maximum Gasteiger partial charge on any atom is 0.119 e. The molecule has 0 spiro atoms. The van der Waals surface area contributed by atoms with Gasteiger partial charge in [0.15, 0.2) is 0 Å². The van der Waals surface area contributed by atoms with E-state index >= 15 is 0 Å². The van der Waals surface area contributed by atoms with Gasteiger partial charge in [-0.15, -0.1) is 0 Å². The summed E-state index contributed by atoms with van der Waals surface area (Å²) < 4.78 is 10.3. The molecule has 0 unspecified atom stereocenters. The number of nitrogens with two attached hydrogens (primary N) is 1. The molecule has 13 heavy (non-hydrogen) atoms. The molecule has 0 amide bonds. The lowest BCUT2D eigenvalue weighted by Crippen LogP contribution is -2.01. The molecule has 2 N–H and O–H groups in total. The predicted molar refractivity (Wildman–Crippen MR) is 52.8 cm³/mol. The van der Waals surface area contributed by atoms with Crippen molar-refractivity contribution < 1.29 is 9.47 Å². The molecule has 0 aliphatic rings. The number of methoxy groups -OCH3 is 1. The quantitative estimate of drug-likeness (QED) is 0.555. The Bertz CT molecular complexity index is 233. The summed E-state index contributed by atoms with van der Waals surface area (Å²) >= 11 is 0. The van der Waals surface area contributed by atoms with E-state index in [0.717, 1.165) is 24.5 Å². The van der Waals surface area contributed by atoms with Crippen LogP contribution >= 0.6 is 0 Å². The molecule has 3 heteroatoms. The summed E-state index contributed by atoms with van der Waals surface area (Å²) in [6.45, 7) is 1.41. The third-order valence-corrected chi connectivity index (χ3v) is 1.64. The summed E-state index contributed by atoms with van der Waals surface area (Å²) in [7, 11) is 1.68. The Morgan fingerprint density at radius 3 is 2.46 bits per heavy atom. The lowest BCUT2D eigenvalue weighted by Gasteiger charge is -2.05. The van der Waals surface area contributed by atoms with Gasteiger partial charge in [0.05, 0.1) is 6.61 Å². The van der Waals surface area contributed by atoms with Crippen LogP contribution in [-0.2, 0) is 4.74 Å². The number of ether oxygens (including phenoxy) is 2. The number of benzene rings is 1. The van der Waals surface area contributed by atoms with Gasteiger partial charge in [-0.05, 0) is 24.3 Å². The van der Waals surface area contributed by atoms with Gasteiger partial charge in [0.25, 0.3) is 0 Å². The van der Waals surface area contributed by atoms with Crippen LogP contribution in [0.2, 0.25) is 0 Å². The average Bonchev–Trinajstić information content (AvgIpc) is 2.15. The molecule has 0 bridgehead atoms. The molecule has 0 aliphatic carbocycles. The van der Waals surface area contributed by atoms with Crippen LogP contribution in [0.4, 0.5) is 5.69 Å². The summed E-state index contributed by atoms with van der Waals surface area (Å²) in [5, 5.41) is 0. The highest BCUT2D eigenvalue weighted by molar-refractivity contribution is 5.41. The number of anilines is 1. The SMILES string of the molecule is COCCCOc1ccc(N)cc1. The van der Waals surface area contributed by atoms with E-state index < -0.39 is 0 Å². The molecule has 0 radical (unpaired) electrons. The fraction of sp³-hybridized carbons (Fsp3) is 0.400. The Morgan fingerprint density at radius 2 is 1.85 bits per heavy atom. The average molecular weight is 181 g/mol. The largest absolute Gasteiger partial charge is 0.494 e. The molecule has 0 heterocycles. The summed E-state index contributed by atoms with van der Waals surface area (Å²) in [6.07, 6.45) is 0.904. The maximum absolute atomic E-state index is 5.53. The van der Waals surface area contributed by atoms with Crippen molar-refractivity contribution in [3.8, 4) is 5.75 Å². The van der Waals surface area contributed by atoms with Gasteiger partial charge in [0.1, 0.15) is 5.75 Å². The van der Waals surface area contributed by atoms with Gasteiger partial charge in [-0.1, -0.05) is 0 Å². The first-order valence-electron chi connectivity index (χ1n) is 4.30. The molecule has 1 aromatic rings. The first kappa shape index (κ1) is 9.86. The Labute approximate surface area is 78.5 Å². The van der Waals surface area contributed by atoms with Crippen molar-refractivity contribution in [2.24, 2.45) is 0 Å². The molecule has 1 aromatic carbocycles. The highest BCUT2D eigenvalue weighted by Gasteiger charge is 1.92. The lowest BCUT2D eigenvalue weighted by molar-refractivity contribution is 0.172. The van der Waals surface area contributed by atoms with Gasteiger partial charge in [0, 0.05) is 25.8 Å². The molecule has 0 aliphatic heterocycles. The van der Waals surface area contributed by atoms with Crippen LogP contribution in [0.3, 0.4) is 0 Å². The third-order valence-electron chi connectivity index (χ3n) is 1.64. The second-order valence-electron chi connectivity index (χ2n) is 2.76. The first-order valence-corrected chi connectivity index (χ1v) is 4.30. The molecule has 1 rings (SSSR count). The molecule has 0 aromatic heterocycles.